The second kappa shape index (κ2) is 3.10. The largest absolute Gasteiger partial charge is 0.472 e. The number of carbonyl (C=O) groups excluding carboxylic acids is 1. The lowest BCUT2D eigenvalue weighted by molar-refractivity contribution is 0.102. The van der Waals surface area contributed by atoms with E-state index in [0.717, 1.165) is 0 Å². The zero-order valence-corrected chi connectivity index (χ0v) is 6.52. The van der Waals surface area contributed by atoms with E-state index in [-0.39, 0.29) is 5.91 Å². The monoisotopic (exact) mass is 178 g/mol. The molecule has 0 aliphatic heterocycles. The predicted molar refractivity (Wildman–Crippen MR) is 43.0 cm³/mol. The minimum Gasteiger partial charge on any atom is -0.472 e. The molecule has 66 valence electrons. The summed E-state index contributed by atoms with van der Waals surface area (Å²) in [6.45, 7) is 0. The van der Waals surface area contributed by atoms with Crippen LogP contribution in [0, 0.1) is 0 Å². The van der Waals surface area contributed by atoms with Crippen LogP contribution in [0.1, 0.15) is 10.4 Å². The van der Waals surface area contributed by atoms with Gasteiger partial charge in [0.25, 0.3) is 5.91 Å². The van der Waals surface area contributed by atoms with Crippen LogP contribution in [0.15, 0.2) is 29.2 Å². The van der Waals surface area contributed by atoms with Crippen molar-refractivity contribution < 1.29 is 9.21 Å². The van der Waals surface area contributed by atoms with Crippen molar-refractivity contribution in [2.24, 2.45) is 0 Å². The molecule has 0 radical (unpaired) electrons. The molecule has 0 aliphatic rings. The topological polar surface area (TPSA) is 83.8 Å². The third-order valence-corrected chi connectivity index (χ3v) is 1.44. The number of aromatic nitrogens is 3. The number of hydrogen-bond donors (Lipinski definition) is 2. The molecule has 2 rings (SSSR count). The number of nitrogens with zero attached hydrogens (tertiary/aromatic N) is 2. The van der Waals surface area contributed by atoms with Gasteiger partial charge in [-0.3, -0.25) is 4.79 Å². The fourth-order valence-corrected chi connectivity index (χ4v) is 0.844. The molecule has 0 aromatic carbocycles. The number of hydrogen-bond acceptors (Lipinski definition) is 4. The van der Waals surface area contributed by atoms with Crippen molar-refractivity contribution in [2.45, 2.75) is 0 Å². The first-order valence-electron chi connectivity index (χ1n) is 3.55. The van der Waals surface area contributed by atoms with Crippen molar-refractivity contribution in [1.82, 2.24) is 15.4 Å². The number of nitrogens with one attached hydrogen (secondary N) is 2. The normalized spacial score (nSPS) is 9.85. The standard InChI is InChI=1S/C7H6N4O2/c12-7(5-1-2-13-4-5)9-6-3-8-11-10-6/h1-4H,(H2,8,9,10,11,12). The van der Waals surface area contributed by atoms with E-state index in [0.29, 0.717) is 11.4 Å². The van der Waals surface area contributed by atoms with Gasteiger partial charge < -0.3 is 9.73 Å². The Kier molecular flexibility index (Phi) is 1.79. The van der Waals surface area contributed by atoms with Crippen LogP contribution in [0.5, 0.6) is 0 Å². The van der Waals surface area contributed by atoms with Gasteiger partial charge in [0.05, 0.1) is 18.0 Å². The van der Waals surface area contributed by atoms with Crippen molar-refractivity contribution in [2.75, 3.05) is 5.32 Å². The molecule has 13 heavy (non-hydrogen) atoms. The summed E-state index contributed by atoms with van der Waals surface area (Å²) >= 11 is 0. The molecule has 0 bridgehead atoms. The second-order valence-electron chi connectivity index (χ2n) is 2.32. The highest BCUT2D eigenvalue weighted by atomic mass is 16.3. The van der Waals surface area contributed by atoms with Crippen molar-refractivity contribution >= 4 is 11.7 Å². The van der Waals surface area contributed by atoms with Crippen LogP contribution in [0.2, 0.25) is 0 Å². The van der Waals surface area contributed by atoms with Crippen LogP contribution in [0.3, 0.4) is 0 Å². The third-order valence-electron chi connectivity index (χ3n) is 1.44. The highest BCUT2D eigenvalue weighted by Crippen LogP contribution is 2.04. The van der Waals surface area contributed by atoms with Gasteiger partial charge in [-0.2, -0.15) is 10.3 Å². The van der Waals surface area contributed by atoms with Gasteiger partial charge >= 0.3 is 0 Å². The smallest absolute Gasteiger partial charge is 0.260 e. The molecule has 2 aromatic rings. The van der Waals surface area contributed by atoms with E-state index in [4.69, 9.17) is 4.42 Å². The average molecular weight is 178 g/mol. The van der Waals surface area contributed by atoms with E-state index in [1.807, 2.05) is 0 Å². The average Bonchev–Trinajstić information content (AvgIpc) is 2.74. The van der Waals surface area contributed by atoms with Gasteiger partial charge in [-0.25, -0.2) is 0 Å². The minimum atomic E-state index is -0.275. The summed E-state index contributed by atoms with van der Waals surface area (Å²) < 4.78 is 4.75. The Morgan fingerprint density at radius 3 is 3.15 bits per heavy atom. The second-order valence-corrected chi connectivity index (χ2v) is 2.32. The summed E-state index contributed by atoms with van der Waals surface area (Å²) in [6.07, 6.45) is 4.20. The molecule has 2 N–H and O–H groups in total. The molecule has 6 nitrogen and oxygen atoms in total. The Balaban J connectivity index is 2.08. The van der Waals surface area contributed by atoms with E-state index >= 15 is 0 Å². The van der Waals surface area contributed by atoms with Gasteiger partial charge in [-0.15, -0.1) is 5.10 Å². The molecule has 6 heteroatoms. The Morgan fingerprint density at radius 2 is 2.54 bits per heavy atom. The van der Waals surface area contributed by atoms with Crippen LogP contribution in [-0.4, -0.2) is 21.3 Å². The lowest BCUT2D eigenvalue weighted by Crippen LogP contribution is -2.10. The Hall–Kier alpha value is -2.11. The van der Waals surface area contributed by atoms with Crippen molar-refractivity contribution in [3.8, 4) is 0 Å². The van der Waals surface area contributed by atoms with Crippen LogP contribution in [0.4, 0.5) is 5.82 Å². The Morgan fingerprint density at radius 1 is 1.62 bits per heavy atom. The zero-order chi connectivity index (χ0) is 9.10. The molecular formula is C7H6N4O2. The molecule has 0 spiro atoms. The van der Waals surface area contributed by atoms with E-state index in [1.54, 1.807) is 6.07 Å². The number of H-pyrrole nitrogens is 1. The van der Waals surface area contributed by atoms with E-state index in [9.17, 15) is 4.79 Å². The Bertz CT molecular complexity index is 379. The SMILES string of the molecule is O=C(Nc1cn[nH]n1)c1ccoc1. The number of furan rings is 1. The lowest BCUT2D eigenvalue weighted by Gasteiger charge is -1.95. The van der Waals surface area contributed by atoms with Gasteiger partial charge in [0, 0.05) is 0 Å². The number of rotatable bonds is 2. The quantitative estimate of drug-likeness (QED) is 0.707. The summed E-state index contributed by atoms with van der Waals surface area (Å²) in [5.41, 5.74) is 0.447. The maximum atomic E-state index is 11.3. The van der Waals surface area contributed by atoms with Crippen molar-refractivity contribution in [3.63, 3.8) is 0 Å². The molecule has 0 atom stereocenters. The van der Waals surface area contributed by atoms with E-state index < -0.39 is 0 Å². The van der Waals surface area contributed by atoms with Gasteiger partial charge in [-0.05, 0) is 6.07 Å². The molecular weight excluding hydrogens is 172 g/mol. The summed E-state index contributed by atoms with van der Waals surface area (Å²) in [5.74, 6) is 0.105. The number of amides is 1. The zero-order valence-electron chi connectivity index (χ0n) is 6.52. The first-order chi connectivity index (χ1) is 6.36. The molecule has 2 aromatic heterocycles. The predicted octanol–water partition coefficient (Wildman–Crippen LogP) is 0.650. The summed E-state index contributed by atoms with van der Waals surface area (Å²) in [5, 5.41) is 12.1. The fourth-order valence-electron chi connectivity index (χ4n) is 0.844. The molecule has 2 heterocycles. The van der Waals surface area contributed by atoms with E-state index in [1.165, 1.54) is 18.7 Å². The third kappa shape index (κ3) is 1.56. The molecule has 0 unspecified atom stereocenters. The van der Waals surface area contributed by atoms with Crippen molar-refractivity contribution in [3.05, 3.63) is 30.4 Å². The highest BCUT2D eigenvalue weighted by molar-refractivity contribution is 6.03. The fraction of sp³-hybridized carbons (Fsp3) is 0. The van der Waals surface area contributed by atoms with Gasteiger partial charge in [0.15, 0.2) is 5.82 Å². The molecule has 1 amide bonds. The van der Waals surface area contributed by atoms with Crippen molar-refractivity contribution in [1.29, 1.82) is 0 Å². The lowest BCUT2D eigenvalue weighted by atomic mass is 10.3. The maximum absolute atomic E-state index is 11.3. The highest BCUT2D eigenvalue weighted by Gasteiger charge is 2.07. The number of aromatic amines is 1. The minimum absolute atomic E-state index is 0.275. The Labute approximate surface area is 72.9 Å². The van der Waals surface area contributed by atoms with Gasteiger partial charge in [-0.1, -0.05) is 0 Å². The first-order valence-corrected chi connectivity index (χ1v) is 3.55. The summed E-state index contributed by atoms with van der Waals surface area (Å²) in [7, 11) is 0. The van der Waals surface area contributed by atoms with Crippen LogP contribution in [-0.2, 0) is 0 Å². The number of carbonyl (C=O) groups is 1. The van der Waals surface area contributed by atoms with Crippen LogP contribution in [0.25, 0.3) is 0 Å². The van der Waals surface area contributed by atoms with Crippen LogP contribution >= 0.6 is 0 Å². The molecule has 0 aliphatic carbocycles. The first kappa shape index (κ1) is 7.53. The van der Waals surface area contributed by atoms with E-state index in [2.05, 4.69) is 20.7 Å². The van der Waals surface area contributed by atoms with Crippen LogP contribution < -0.4 is 5.32 Å². The number of anilines is 1. The summed E-state index contributed by atoms with van der Waals surface area (Å²) in [6, 6.07) is 1.56. The maximum Gasteiger partial charge on any atom is 0.260 e. The molecule has 0 fully saturated rings. The van der Waals surface area contributed by atoms with Gasteiger partial charge in [0.2, 0.25) is 0 Å². The molecule has 0 saturated heterocycles. The van der Waals surface area contributed by atoms with Gasteiger partial charge in [0.1, 0.15) is 6.26 Å². The molecule has 0 saturated carbocycles. The summed E-state index contributed by atoms with van der Waals surface area (Å²) in [4.78, 5) is 11.3.